The Hall–Kier alpha value is -1.40. The fraction of sp³-hybridized carbons (Fsp3) is 0.615. The van der Waals surface area contributed by atoms with Gasteiger partial charge in [-0.15, -0.1) is 0 Å². The number of likely N-dealkylation sites (tertiary alicyclic amines) is 1. The third-order valence-electron chi connectivity index (χ3n) is 4.11. The highest BCUT2D eigenvalue weighted by atomic mass is 35.5. The minimum Gasteiger partial charge on any atom is -0.369 e. The van der Waals surface area contributed by atoms with Crippen LogP contribution in [0.3, 0.4) is 0 Å². The number of hydrogen-bond donors (Lipinski definition) is 1. The van der Waals surface area contributed by atoms with E-state index >= 15 is 0 Å². The second kappa shape index (κ2) is 5.18. The van der Waals surface area contributed by atoms with Crippen LogP contribution in [0.15, 0.2) is 12.4 Å². The van der Waals surface area contributed by atoms with E-state index in [1.54, 1.807) is 10.6 Å². The van der Waals surface area contributed by atoms with E-state index in [1.807, 2.05) is 0 Å². The molecule has 1 N–H and O–H groups in total. The van der Waals surface area contributed by atoms with Gasteiger partial charge in [0.05, 0.1) is 0 Å². The van der Waals surface area contributed by atoms with Gasteiger partial charge in [0.2, 0.25) is 0 Å². The highest BCUT2D eigenvalue weighted by Gasteiger charge is 2.28. The van der Waals surface area contributed by atoms with E-state index in [-0.39, 0.29) is 0 Å². The minimum atomic E-state index is 0.301. The fourth-order valence-electron chi connectivity index (χ4n) is 2.55. The molecule has 2 aromatic rings. The summed E-state index contributed by atoms with van der Waals surface area (Å²) < 4.78 is 1.68. The zero-order valence-electron chi connectivity index (χ0n) is 11.8. The number of piperidine rings is 1. The molecule has 0 bridgehead atoms. The highest BCUT2D eigenvalue weighted by molar-refractivity contribution is 6.29. The summed E-state index contributed by atoms with van der Waals surface area (Å²) in [6.45, 7) is 5.52. The number of aromatic nitrogens is 4. The second-order valence-electron chi connectivity index (χ2n) is 5.90. The van der Waals surface area contributed by atoms with Crippen LogP contribution < -0.4 is 5.32 Å². The first kappa shape index (κ1) is 13.6. The summed E-state index contributed by atoms with van der Waals surface area (Å²) in [4.78, 5) is 10.6. The third kappa shape index (κ3) is 2.71. The van der Waals surface area contributed by atoms with E-state index in [0.717, 1.165) is 25.5 Å². The van der Waals surface area contributed by atoms with Crippen molar-refractivity contribution in [3.63, 3.8) is 0 Å². The SMILES string of the molecule is CN1CCC(C)(CNc2cc(Cl)nc3ncnn23)CC1. The molecule has 1 fully saturated rings. The van der Waals surface area contributed by atoms with Crippen LogP contribution in [0.4, 0.5) is 5.82 Å². The molecule has 3 heterocycles. The maximum Gasteiger partial charge on any atom is 0.255 e. The third-order valence-corrected chi connectivity index (χ3v) is 4.30. The first-order chi connectivity index (χ1) is 9.56. The number of rotatable bonds is 3. The van der Waals surface area contributed by atoms with E-state index in [1.165, 1.54) is 19.2 Å². The molecule has 0 spiro atoms. The number of fused-ring (bicyclic) bond motifs is 1. The zero-order valence-corrected chi connectivity index (χ0v) is 12.6. The molecule has 3 rings (SSSR count). The van der Waals surface area contributed by atoms with Crippen LogP contribution in [0.2, 0.25) is 5.15 Å². The fourth-order valence-corrected chi connectivity index (χ4v) is 2.73. The van der Waals surface area contributed by atoms with Gasteiger partial charge in [-0.05, 0) is 38.4 Å². The molecule has 7 heteroatoms. The lowest BCUT2D eigenvalue weighted by atomic mass is 9.80. The van der Waals surface area contributed by atoms with Crippen molar-refractivity contribution in [3.05, 3.63) is 17.5 Å². The second-order valence-corrected chi connectivity index (χ2v) is 6.29. The summed E-state index contributed by atoms with van der Waals surface area (Å²) in [5.74, 6) is 1.37. The van der Waals surface area contributed by atoms with Crippen molar-refractivity contribution in [2.75, 3.05) is 32.0 Å². The van der Waals surface area contributed by atoms with Crippen LogP contribution in [-0.4, -0.2) is 51.2 Å². The number of halogens is 1. The zero-order chi connectivity index (χ0) is 14.2. The molecule has 0 aliphatic carbocycles. The molecular formula is C13H19ClN6. The number of nitrogens with one attached hydrogen (secondary N) is 1. The van der Waals surface area contributed by atoms with Gasteiger partial charge in [0.25, 0.3) is 5.78 Å². The Morgan fingerprint density at radius 1 is 1.40 bits per heavy atom. The number of hydrogen-bond acceptors (Lipinski definition) is 5. The summed E-state index contributed by atoms with van der Waals surface area (Å²) in [7, 11) is 2.18. The molecule has 0 radical (unpaired) electrons. The monoisotopic (exact) mass is 294 g/mol. The maximum atomic E-state index is 6.02. The molecule has 1 aliphatic rings. The summed E-state index contributed by atoms with van der Waals surface area (Å²) in [6, 6.07) is 1.79. The number of nitrogens with zero attached hydrogens (tertiary/aromatic N) is 5. The number of anilines is 1. The van der Waals surface area contributed by atoms with Gasteiger partial charge in [-0.3, -0.25) is 0 Å². The Morgan fingerprint density at radius 3 is 2.90 bits per heavy atom. The van der Waals surface area contributed by atoms with Crippen molar-refractivity contribution in [2.24, 2.45) is 5.41 Å². The lowest BCUT2D eigenvalue weighted by Gasteiger charge is -2.38. The van der Waals surface area contributed by atoms with Crippen LogP contribution in [0.25, 0.3) is 5.78 Å². The molecule has 6 nitrogen and oxygen atoms in total. The van der Waals surface area contributed by atoms with Gasteiger partial charge >= 0.3 is 0 Å². The topological polar surface area (TPSA) is 58.3 Å². The summed E-state index contributed by atoms with van der Waals surface area (Å²) in [5.41, 5.74) is 0.301. The van der Waals surface area contributed by atoms with Crippen LogP contribution in [-0.2, 0) is 0 Å². The van der Waals surface area contributed by atoms with Crippen molar-refractivity contribution in [3.8, 4) is 0 Å². The van der Waals surface area contributed by atoms with Crippen LogP contribution in [0.1, 0.15) is 19.8 Å². The van der Waals surface area contributed by atoms with Gasteiger partial charge in [0.1, 0.15) is 17.3 Å². The Balaban J connectivity index is 1.75. The summed E-state index contributed by atoms with van der Waals surface area (Å²) in [6.07, 6.45) is 3.87. The molecule has 1 aliphatic heterocycles. The van der Waals surface area contributed by atoms with E-state index in [2.05, 4.69) is 39.3 Å². The van der Waals surface area contributed by atoms with Gasteiger partial charge in [-0.25, -0.2) is 0 Å². The normalized spacial score (nSPS) is 19.4. The molecule has 0 atom stereocenters. The Labute approximate surface area is 123 Å². The lowest BCUT2D eigenvalue weighted by Crippen LogP contribution is -2.40. The van der Waals surface area contributed by atoms with Crippen molar-refractivity contribution in [2.45, 2.75) is 19.8 Å². The van der Waals surface area contributed by atoms with Crippen molar-refractivity contribution in [1.82, 2.24) is 24.5 Å². The average Bonchev–Trinajstić information content (AvgIpc) is 2.88. The molecule has 2 aromatic heterocycles. The predicted molar refractivity (Wildman–Crippen MR) is 79.1 cm³/mol. The molecule has 0 amide bonds. The van der Waals surface area contributed by atoms with E-state index in [9.17, 15) is 0 Å². The largest absolute Gasteiger partial charge is 0.369 e. The van der Waals surface area contributed by atoms with Crippen molar-refractivity contribution in [1.29, 1.82) is 0 Å². The predicted octanol–water partition coefficient (Wildman–Crippen LogP) is 1.92. The van der Waals surface area contributed by atoms with Gasteiger partial charge in [0.15, 0.2) is 0 Å². The first-order valence-corrected chi connectivity index (χ1v) is 7.22. The lowest BCUT2D eigenvalue weighted by molar-refractivity contribution is 0.150. The Bertz CT molecular complexity index is 602. The van der Waals surface area contributed by atoms with Gasteiger partial charge in [0, 0.05) is 12.6 Å². The van der Waals surface area contributed by atoms with Crippen LogP contribution in [0, 0.1) is 5.41 Å². The van der Waals surface area contributed by atoms with Gasteiger partial charge in [-0.1, -0.05) is 18.5 Å². The van der Waals surface area contributed by atoms with E-state index < -0.39 is 0 Å². The van der Waals surface area contributed by atoms with Gasteiger partial charge < -0.3 is 10.2 Å². The average molecular weight is 295 g/mol. The Morgan fingerprint density at radius 2 is 2.15 bits per heavy atom. The highest BCUT2D eigenvalue weighted by Crippen LogP contribution is 2.30. The molecular weight excluding hydrogens is 276 g/mol. The van der Waals surface area contributed by atoms with E-state index in [4.69, 9.17) is 11.6 Å². The Kier molecular flexibility index (Phi) is 3.52. The van der Waals surface area contributed by atoms with Crippen LogP contribution >= 0.6 is 11.6 Å². The molecule has 108 valence electrons. The molecule has 0 aromatic carbocycles. The van der Waals surface area contributed by atoms with Crippen molar-refractivity contribution >= 4 is 23.2 Å². The first-order valence-electron chi connectivity index (χ1n) is 6.84. The standard InChI is InChI=1S/C13H19ClN6/c1-13(3-5-19(2)6-4-13)8-15-11-7-10(14)18-12-16-9-17-20(11)12/h7,9,15H,3-6,8H2,1-2H3. The quantitative estimate of drug-likeness (QED) is 0.877. The maximum absolute atomic E-state index is 6.02. The molecule has 1 saturated heterocycles. The summed E-state index contributed by atoms with van der Waals surface area (Å²) >= 11 is 6.02. The molecule has 0 saturated carbocycles. The van der Waals surface area contributed by atoms with Gasteiger partial charge in [-0.2, -0.15) is 19.6 Å². The minimum absolute atomic E-state index is 0.301. The summed E-state index contributed by atoms with van der Waals surface area (Å²) in [5, 5.41) is 8.06. The van der Waals surface area contributed by atoms with E-state index in [0.29, 0.717) is 16.3 Å². The molecule has 20 heavy (non-hydrogen) atoms. The smallest absolute Gasteiger partial charge is 0.255 e. The molecule has 0 unspecified atom stereocenters. The van der Waals surface area contributed by atoms with Crippen molar-refractivity contribution < 1.29 is 0 Å². The van der Waals surface area contributed by atoms with Crippen LogP contribution in [0.5, 0.6) is 0 Å².